The van der Waals surface area contributed by atoms with Gasteiger partial charge in [-0.2, -0.15) is 0 Å². The van der Waals surface area contributed by atoms with E-state index >= 15 is 0 Å². The lowest BCUT2D eigenvalue weighted by molar-refractivity contribution is -0.155. The molecule has 0 aromatic heterocycles. The van der Waals surface area contributed by atoms with Gasteiger partial charge in [0.25, 0.3) is 0 Å². The average molecular weight is 316 g/mol. The number of hydrogen-bond acceptors (Lipinski definition) is 6. The minimum atomic E-state index is -0.539. The van der Waals surface area contributed by atoms with Gasteiger partial charge in [0.05, 0.1) is 23.3 Å². The molecule has 4 rings (SSSR count). The Bertz CT molecular complexity index is 685. The van der Waals surface area contributed by atoms with Gasteiger partial charge in [-0.1, -0.05) is 17.7 Å². The highest BCUT2D eigenvalue weighted by molar-refractivity contribution is 6.08. The first-order valence-corrected chi connectivity index (χ1v) is 7.94. The minimum Gasteiger partial charge on any atom is -0.393 e. The number of ether oxygens (including phenoxy) is 2. The van der Waals surface area contributed by atoms with Crippen molar-refractivity contribution in [2.75, 3.05) is 0 Å². The summed E-state index contributed by atoms with van der Waals surface area (Å²) >= 11 is 0. The number of cyclic esters (lactones) is 4. The van der Waals surface area contributed by atoms with Gasteiger partial charge in [0.15, 0.2) is 0 Å². The third kappa shape index (κ3) is 2.33. The zero-order valence-electron chi connectivity index (χ0n) is 12.4. The van der Waals surface area contributed by atoms with Crippen molar-refractivity contribution in [3.8, 4) is 0 Å². The third-order valence-corrected chi connectivity index (χ3v) is 5.37. The van der Waals surface area contributed by atoms with Gasteiger partial charge in [-0.3, -0.25) is 14.4 Å². The molecule has 6 heteroatoms. The predicted octanol–water partition coefficient (Wildman–Crippen LogP) is 1.45. The maximum atomic E-state index is 11.7. The molecule has 0 aromatic carbocycles. The number of carbonyl (C=O) groups excluding carboxylic acids is 4. The maximum Gasteiger partial charge on any atom is 0.342 e. The van der Waals surface area contributed by atoms with Crippen LogP contribution in [-0.2, 0) is 28.7 Å². The lowest BCUT2D eigenvalue weighted by atomic mass is 9.72. The number of hydrogen-bond donors (Lipinski definition) is 0. The second-order valence-electron chi connectivity index (χ2n) is 6.75. The van der Waals surface area contributed by atoms with Crippen LogP contribution < -0.4 is 0 Å². The fourth-order valence-corrected chi connectivity index (χ4v) is 4.16. The van der Waals surface area contributed by atoms with Crippen molar-refractivity contribution in [1.82, 2.24) is 0 Å². The number of fused-ring (bicyclic) bond motifs is 2. The van der Waals surface area contributed by atoms with Crippen LogP contribution in [0.4, 0.5) is 0 Å². The van der Waals surface area contributed by atoms with Crippen molar-refractivity contribution in [2.45, 2.75) is 32.1 Å². The highest BCUT2D eigenvalue weighted by Gasteiger charge is 2.48. The van der Waals surface area contributed by atoms with Crippen molar-refractivity contribution in [1.29, 1.82) is 0 Å². The molecule has 23 heavy (non-hydrogen) atoms. The van der Waals surface area contributed by atoms with E-state index in [4.69, 9.17) is 4.74 Å². The molecule has 1 saturated carbocycles. The Morgan fingerprint density at radius 3 is 2.52 bits per heavy atom. The highest BCUT2D eigenvalue weighted by atomic mass is 16.6. The molecule has 0 N–H and O–H groups in total. The van der Waals surface area contributed by atoms with Gasteiger partial charge < -0.3 is 9.47 Å². The van der Waals surface area contributed by atoms with Crippen LogP contribution in [0.1, 0.15) is 32.1 Å². The van der Waals surface area contributed by atoms with Crippen LogP contribution in [0.15, 0.2) is 23.3 Å². The molecule has 4 atom stereocenters. The van der Waals surface area contributed by atoms with E-state index in [1.54, 1.807) is 6.08 Å². The third-order valence-electron chi connectivity index (χ3n) is 5.37. The molecule has 2 saturated heterocycles. The number of rotatable bonds is 2. The lowest BCUT2D eigenvalue weighted by Gasteiger charge is -2.29. The minimum absolute atomic E-state index is 0.270. The molecule has 2 aliphatic carbocycles. The number of esters is 4. The number of carbonyl (C=O) groups is 4. The van der Waals surface area contributed by atoms with Crippen LogP contribution in [0.3, 0.4) is 0 Å². The topological polar surface area (TPSA) is 86.7 Å². The molecule has 2 heterocycles. The van der Waals surface area contributed by atoms with E-state index in [1.807, 2.05) is 6.08 Å². The monoisotopic (exact) mass is 316 g/mol. The molecule has 6 nitrogen and oxygen atoms in total. The molecule has 120 valence electrons. The highest BCUT2D eigenvalue weighted by Crippen LogP contribution is 2.43. The normalized spacial score (nSPS) is 36.0. The molecule has 4 unspecified atom stereocenters. The van der Waals surface area contributed by atoms with Crippen LogP contribution in [0.2, 0.25) is 0 Å². The van der Waals surface area contributed by atoms with E-state index in [-0.39, 0.29) is 17.8 Å². The Morgan fingerprint density at radius 1 is 0.913 bits per heavy atom. The van der Waals surface area contributed by atoms with Gasteiger partial charge in [-0.15, -0.1) is 0 Å². The zero-order valence-corrected chi connectivity index (χ0v) is 12.4. The van der Waals surface area contributed by atoms with Gasteiger partial charge in [0.2, 0.25) is 0 Å². The van der Waals surface area contributed by atoms with E-state index in [2.05, 4.69) is 4.74 Å². The average Bonchev–Trinajstić information content (AvgIpc) is 2.96. The fourth-order valence-electron chi connectivity index (χ4n) is 4.16. The molecule has 0 bridgehead atoms. The van der Waals surface area contributed by atoms with E-state index in [0.29, 0.717) is 30.8 Å². The quantitative estimate of drug-likeness (QED) is 0.566. The van der Waals surface area contributed by atoms with Crippen molar-refractivity contribution in [3.63, 3.8) is 0 Å². The molecule has 2 aliphatic heterocycles. The van der Waals surface area contributed by atoms with E-state index < -0.39 is 23.8 Å². The lowest BCUT2D eigenvalue weighted by Crippen LogP contribution is -2.27. The molecule has 0 aromatic rings. The van der Waals surface area contributed by atoms with Crippen LogP contribution >= 0.6 is 0 Å². The Labute approximate surface area is 132 Å². The molecule has 0 amide bonds. The summed E-state index contributed by atoms with van der Waals surface area (Å²) in [5, 5.41) is 0. The van der Waals surface area contributed by atoms with Gasteiger partial charge in [0.1, 0.15) is 0 Å². The van der Waals surface area contributed by atoms with Gasteiger partial charge in [-0.05, 0) is 38.0 Å². The molecule has 4 aliphatic rings. The van der Waals surface area contributed by atoms with Crippen molar-refractivity contribution >= 4 is 23.9 Å². The molecular weight excluding hydrogens is 300 g/mol. The second-order valence-corrected chi connectivity index (χ2v) is 6.75. The Balaban J connectivity index is 1.44. The van der Waals surface area contributed by atoms with Crippen molar-refractivity contribution < 1.29 is 28.7 Å². The predicted molar refractivity (Wildman–Crippen MR) is 75.4 cm³/mol. The first-order valence-electron chi connectivity index (χ1n) is 7.94. The first-order chi connectivity index (χ1) is 11.0. The maximum absolute atomic E-state index is 11.7. The molecule has 0 radical (unpaired) electrons. The summed E-state index contributed by atoms with van der Waals surface area (Å²) in [5.74, 6) is -2.54. The number of allylic oxidation sites excluding steroid dienone is 3. The second kappa shape index (κ2) is 5.15. The summed E-state index contributed by atoms with van der Waals surface area (Å²) in [7, 11) is 0. The van der Waals surface area contributed by atoms with Crippen molar-refractivity contribution in [2.24, 2.45) is 23.7 Å². The summed E-state index contributed by atoms with van der Waals surface area (Å²) in [4.78, 5) is 46.4. The summed E-state index contributed by atoms with van der Waals surface area (Å²) in [6, 6.07) is 0. The van der Waals surface area contributed by atoms with Crippen LogP contribution in [-0.4, -0.2) is 23.9 Å². The van der Waals surface area contributed by atoms with Gasteiger partial charge in [0, 0.05) is 0 Å². The van der Waals surface area contributed by atoms with E-state index in [1.165, 1.54) is 0 Å². The largest absolute Gasteiger partial charge is 0.393 e. The first kappa shape index (κ1) is 14.4. The van der Waals surface area contributed by atoms with Crippen LogP contribution in [0, 0.1) is 23.7 Å². The zero-order chi connectivity index (χ0) is 16.1. The smallest absolute Gasteiger partial charge is 0.342 e. The molecule has 3 fully saturated rings. The Kier molecular flexibility index (Phi) is 3.21. The summed E-state index contributed by atoms with van der Waals surface area (Å²) in [5.41, 5.74) is 1.53. The summed E-state index contributed by atoms with van der Waals surface area (Å²) in [6.45, 7) is 0. The van der Waals surface area contributed by atoms with Crippen LogP contribution in [0.25, 0.3) is 0 Å². The standard InChI is InChI=1S/C17H16O6/c18-14-10-3-1-8(6-12(10)16(20)22-14)5-9-2-4-11-13(7-9)17(21)23-15(11)19/h1,3,9,11-13H,2,4-7H2. The summed E-state index contributed by atoms with van der Waals surface area (Å²) < 4.78 is 9.38. The SMILES string of the molecule is O=C1OC(=O)C2CC(CC3CCC4C(=O)OC(=O)C4C3)=CC=C12. The molecular formula is C17H16O6. The van der Waals surface area contributed by atoms with Crippen molar-refractivity contribution in [3.05, 3.63) is 23.3 Å². The van der Waals surface area contributed by atoms with E-state index in [0.717, 1.165) is 18.4 Å². The molecule has 0 spiro atoms. The Hall–Kier alpha value is -2.24. The van der Waals surface area contributed by atoms with E-state index in [9.17, 15) is 19.2 Å². The van der Waals surface area contributed by atoms with Gasteiger partial charge in [-0.25, -0.2) is 4.79 Å². The van der Waals surface area contributed by atoms with Gasteiger partial charge >= 0.3 is 23.9 Å². The Morgan fingerprint density at radius 2 is 1.70 bits per heavy atom. The van der Waals surface area contributed by atoms with Crippen LogP contribution in [0.5, 0.6) is 0 Å². The fraction of sp³-hybridized carbons (Fsp3) is 0.529. The summed E-state index contributed by atoms with van der Waals surface area (Å²) in [6.07, 6.45) is 7.03.